The number of hydrogen-bond acceptors (Lipinski definition) is 7. The molecule has 168 valence electrons. The summed E-state index contributed by atoms with van der Waals surface area (Å²) >= 11 is 1.48. The van der Waals surface area contributed by atoms with E-state index in [1.807, 2.05) is 13.0 Å². The molecule has 0 spiro atoms. The third kappa shape index (κ3) is 6.18. The van der Waals surface area contributed by atoms with E-state index < -0.39 is 0 Å². The lowest BCUT2D eigenvalue weighted by atomic mass is 10.1. The Labute approximate surface area is 193 Å². The van der Waals surface area contributed by atoms with Crippen molar-refractivity contribution in [2.24, 2.45) is 0 Å². The highest BCUT2D eigenvalue weighted by Gasteiger charge is 2.15. The zero-order valence-electron chi connectivity index (χ0n) is 18.6. The number of carbonyl (C=O) groups is 1. The van der Waals surface area contributed by atoms with Crippen molar-refractivity contribution in [3.8, 4) is 0 Å². The molecule has 8 heteroatoms. The fraction of sp³-hybridized carbons (Fsp3) is 0.375. The summed E-state index contributed by atoms with van der Waals surface area (Å²) in [5.74, 6) is 1.25. The van der Waals surface area contributed by atoms with Crippen LogP contribution >= 0.6 is 11.8 Å². The Balaban J connectivity index is 1.30. The molecule has 0 aliphatic carbocycles. The van der Waals surface area contributed by atoms with Crippen LogP contribution in [0.5, 0.6) is 0 Å². The molecule has 1 aliphatic heterocycles. The van der Waals surface area contributed by atoms with E-state index >= 15 is 0 Å². The second-order valence-electron chi connectivity index (χ2n) is 8.15. The number of aryl methyl sites for hydroxylation is 1. The summed E-state index contributed by atoms with van der Waals surface area (Å²) < 4.78 is 5.11. The smallest absolute Gasteiger partial charge is 0.254 e. The molecule has 3 aromatic rings. The third-order valence-corrected chi connectivity index (χ3v) is 6.57. The average molecular weight is 452 g/mol. The van der Waals surface area contributed by atoms with Crippen LogP contribution in [0.2, 0.25) is 0 Å². The zero-order chi connectivity index (χ0) is 22.3. The zero-order valence-corrected chi connectivity index (χ0v) is 19.4. The van der Waals surface area contributed by atoms with Gasteiger partial charge in [0.15, 0.2) is 0 Å². The third-order valence-electron chi connectivity index (χ3n) is 5.53. The monoisotopic (exact) mass is 451 g/mol. The second-order valence-corrected chi connectivity index (χ2v) is 9.12. The maximum atomic E-state index is 12.8. The number of rotatable bonds is 8. The first-order valence-electron chi connectivity index (χ1n) is 10.8. The van der Waals surface area contributed by atoms with Gasteiger partial charge in [-0.15, -0.1) is 0 Å². The Hall–Kier alpha value is -2.68. The van der Waals surface area contributed by atoms with Crippen molar-refractivity contribution in [1.29, 1.82) is 0 Å². The summed E-state index contributed by atoms with van der Waals surface area (Å²) in [4.78, 5) is 22.0. The van der Waals surface area contributed by atoms with E-state index in [-0.39, 0.29) is 5.91 Å². The molecular weight excluding hydrogens is 422 g/mol. The van der Waals surface area contributed by atoms with E-state index in [4.69, 9.17) is 4.52 Å². The number of piperazine rings is 1. The molecular formula is C24H29N5O2S. The molecule has 0 radical (unpaired) electrons. The molecule has 7 nitrogen and oxygen atoms in total. The molecule has 32 heavy (non-hydrogen) atoms. The van der Waals surface area contributed by atoms with Crippen LogP contribution in [0.25, 0.3) is 0 Å². The van der Waals surface area contributed by atoms with Crippen LogP contribution in [0.3, 0.4) is 0 Å². The SMILES string of the molecule is Cc1cc(CSc2ncccc2C(=O)NCc2ccc(CN3CCN(C)CC3)cc2)no1. The van der Waals surface area contributed by atoms with Gasteiger partial charge in [-0.3, -0.25) is 9.69 Å². The topological polar surface area (TPSA) is 74.5 Å². The number of likely N-dealkylation sites (N-methyl/N-ethyl adjacent to an activating group) is 1. The summed E-state index contributed by atoms with van der Waals surface area (Å²) in [6, 6.07) is 14.0. The predicted molar refractivity (Wildman–Crippen MR) is 125 cm³/mol. The van der Waals surface area contributed by atoms with Gasteiger partial charge in [0.1, 0.15) is 10.8 Å². The van der Waals surface area contributed by atoms with Crippen LogP contribution in [0.4, 0.5) is 0 Å². The number of nitrogens with one attached hydrogen (secondary N) is 1. The van der Waals surface area contributed by atoms with E-state index in [1.165, 1.54) is 17.3 Å². The number of carbonyl (C=O) groups excluding carboxylic acids is 1. The van der Waals surface area contributed by atoms with Crippen LogP contribution < -0.4 is 5.32 Å². The highest BCUT2D eigenvalue weighted by atomic mass is 32.2. The average Bonchev–Trinajstić information content (AvgIpc) is 3.24. The maximum Gasteiger partial charge on any atom is 0.254 e. The molecule has 0 atom stereocenters. The molecule has 1 saturated heterocycles. The van der Waals surface area contributed by atoms with Crippen molar-refractivity contribution in [3.63, 3.8) is 0 Å². The molecule has 1 amide bonds. The van der Waals surface area contributed by atoms with Crippen LogP contribution in [-0.4, -0.2) is 59.1 Å². The minimum Gasteiger partial charge on any atom is -0.361 e. The van der Waals surface area contributed by atoms with Gasteiger partial charge >= 0.3 is 0 Å². The number of hydrogen-bond donors (Lipinski definition) is 1. The quantitative estimate of drug-likeness (QED) is 0.527. The van der Waals surface area contributed by atoms with Crippen molar-refractivity contribution in [2.45, 2.75) is 30.8 Å². The second kappa shape index (κ2) is 10.8. The van der Waals surface area contributed by atoms with Gasteiger partial charge in [0, 0.05) is 57.3 Å². The van der Waals surface area contributed by atoms with Gasteiger partial charge in [-0.25, -0.2) is 4.98 Å². The van der Waals surface area contributed by atoms with E-state index in [2.05, 4.69) is 56.6 Å². The lowest BCUT2D eigenvalue weighted by molar-refractivity contribution is 0.0947. The lowest BCUT2D eigenvalue weighted by Crippen LogP contribution is -2.43. The van der Waals surface area contributed by atoms with E-state index in [0.717, 1.165) is 49.7 Å². The molecule has 0 unspecified atom stereocenters. The van der Waals surface area contributed by atoms with Crippen LogP contribution in [0, 0.1) is 6.92 Å². The van der Waals surface area contributed by atoms with Crippen molar-refractivity contribution < 1.29 is 9.32 Å². The summed E-state index contributed by atoms with van der Waals surface area (Å²) in [7, 11) is 2.17. The van der Waals surface area contributed by atoms with Crippen molar-refractivity contribution in [2.75, 3.05) is 33.2 Å². The van der Waals surface area contributed by atoms with Crippen molar-refractivity contribution in [1.82, 2.24) is 25.3 Å². The fourth-order valence-corrected chi connectivity index (χ4v) is 4.48. The first kappa shape index (κ1) is 22.5. The van der Waals surface area contributed by atoms with Gasteiger partial charge in [0.05, 0.1) is 11.3 Å². The molecule has 1 N–H and O–H groups in total. The summed E-state index contributed by atoms with van der Waals surface area (Å²) in [6.45, 7) is 7.77. The molecule has 3 heterocycles. The molecule has 0 bridgehead atoms. The first-order valence-corrected chi connectivity index (χ1v) is 11.8. The number of pyridine rings is 1. The standard InChI is InChI=1S/C24H29N5O2S/c1-18-14-21(27-31-18)17-32-24-22(4-3-9-25-24)23(30)26-15-19-5-7-20(8-6-19)16-29-12-10-28(2)11-13-29/h3-9,14H,10-13,15-17H2,1-2H3,(H,26,30). The van der Waals surface area contributed by atoms with Crippen LogP contribution in [-0.2, 0) is 18.8 Å². The molecule has 0 saturated carbocycles. The molecule has 4 rings (SSSR count). The lowest BCUT2D eigenvalue weighted by Gasteiger charge is -2.32. The molecule has 1 aliphatic rings. The van der Waals surface area contributed by atoms with E-state index in [9.17, 15) is 4.79 Å². The predicted octanol–water partition coefficient (Wildman–Crippen LogP) is 3.35. The van der Waals surface area contributed by atoms with Gasteiger partial charge in [0.2, 0.25) is 0 Å². The maximum absolute atomic E-state index is 12.8. The number of amides is 1. The van der Waals surface area contributed by atoms with Gasteiger partial charge in [-0.05, 0) is 37.2 Å². The summed E-state index contributed by atoms with van der Waals surface area (Å²) in [5.41, 5.74) is 3.79. The number of aromatic nitrogens is 2. The Bertz CT molecular complexity index is 1030. The number of thioether (sulfide) groups is 1. The van der Waals surface area contributed by atoms with Crippen molar-refractivity contribution >= 4 is 17.7 Å². The Morgan fingerprint density at radius 3 is 2.59 bits per heavy atom. The highest BCUT2D eigenvalue weighted by Crippen LogP contribution is 2.24. The largest absolute Gasteiger partial charge is 0.361 e. The van der Waals surface area contributed by atoms with E-state index in [0.29, 0.717) is 22.9 Å². The summed E-state index contributed by atoms with van der Waals surface area (Å²) in [5, 5.41) is 7.71. The van der Waals surface area contributed by atoms with Gasteiger partial charge in [0.25, 0.3) is 5.91 Å². The minimum absolute atomic E-state index is 0.126. The highest BCUT2D eigenvalue weighted by molar-refractivity contribution is 7.98. The van der Waals surface area contributed by atoms with Crippen LogP contribution in [0.15, 0.2) is 58.2 Å². The number of nitrogens with zero attached hydrogens (tertiary/aromatic N) is 4. The first-order chi connectivity index (χ1) is 15.6. The molecule has 1 fully saturated rings. The van der Waals surface area contributed by atoms with Crippen LogP contribution in [0.1, 0.15) is 32.9 Å². The molecule has 1 aromatic carbocycles. The van der Waals surface area contributed by atoms with Gasteiger partial charge in [-0.1, -0.05) is 41.2 Å². The van der Waals surface area contributed by atoms with Crippen molar-refractivity contribution in [3.05, 3.63) is 76.8 Å². The normalized spacial score (nSPS) is 15.1. The minimum atomic E-state index is -0.126. The van der Waals surface area contributed by atoms with Gasteiger partial charge in [-0.2, -0.15) is 0 Å². The number of benzene rings is 1. The molecule has 2 aromatic heterocycles. The summed E-state index contributed by atoms with van der Waals surface area (Å²) in [6.07, 6.45) is 1.70. The Kier molecular flexibility index (Phi) is 7.57. The van der Waals surface area contributed by atoms with Gasteiger partial charge < -0.3 is 14.7 Å². The Morgan fingerprint density at radius 1 is 1.12 bits per heavy atom. The fourth-order valence-electron chi connectivity index (χ4n) is 3.61. The van der Waals surface area contributed by atoms with E-state index in [1.54, 1.807) is 18.3 Å². The Morgan fingerprint density at radius 2 is 1.88 bits per heavy atom.